The van der Waals surface area contributed by atoms with Crippen molar-refractivity contribution in [2.75, 3.05) is 12.9 Å². The van der Waals surface area contributed by atoms with Crippen molar-refractivity contribution >= 4 is 9.84 Å². The van der Waals surface area contributed by atoms with Gasteiger partial charge in [0.15, 0.2) is 9.84 Å². The van der Waals surface area contributed by atoms with Crippen LogP contribution in [-0.2, 0) is 16.4 Å². The van der Waals surface area contributed by atoms with E-state index in [1.54, 1.807) is 18.2 Å². The number of nitrogens with one attached hydrogen (secondary N) is 1. The van der Waals surface area contributed by atoms with E-state index in [1.807, 2.05) is 6.07 Å². The topological polar surface area (TPSA) is 79.2 Å². The minimum atomic E-state index is -3.04. The van der Waals surface area contributed by atoms with Crippen molar-refractivity contribution in [1.82, 2.24) is 5.32 Å². The molecule has 1 aromatic carbocycles. The number of rotatable bonds is 4. The lowest BCUT2D eigenvalue weighted by molar-refractivity contribution is 0.413. The van der Waals surface area contributed by atoms with Crippen molar-refractivity contribution < 1.29 is 13.2 Å². The molecule has 1 aromatic rings. The monoisotopic (exact) mass is 278 g/mol. The molecule has 1 N–H and O–H groups in total. The molecule has 0 bridgehead atoms. The second kappa shape index (κ2) is 5.43. The largest absolute Gasteiger partial charge is 0.495 e. The third-order valence-corrected chi connectivity index (χ3v) is 4.28. The first-order valence-electron chi connectivity index (χ1n) is 5.75. The van der Waals surface area contributed by atoms with Gasteiger partial charge < -0.3 is 10.1 Å². The highest BCUT2D eigenvalue weighted by molar-refractivity contribution is 7.94. The molecular formula is C13H14N2O3S. The molecule has 2 rings (SSSR count). The van der Waals surface area contributed by atoms with Crippen molar-refractivity contribution in [1.29, 1.82) is 5.26 Å². The third-order valence-electron chi connectivity index (χ3n) is 2.88. The lowest BCUT2D eigenvalue weighted by Gasteiger charge is -2.11. The van der Waals surface area contributed by atoms with Crippen LogP contribution in [0.25, 0.3) is 0 Å². The van der Waals surface area contributed by atoms with Gasteiger partial charge in [-0.1, -0.05) is 12.1 Å². The molecule has 0 saturated heterocycles. The van der Waals surface area contributed by atoms with Crippen LogP contribution >= 0.6 is 0 Å². The molecule has 0 amide bonds. The van der Waals surface area contributed by atoms with Crippen molar-refractivity contribution in [3.05, 3.63) is 40.8 Å². The summed E-state index contributed by atoms with van der Waals surface area (Å²) in [6.07, 6.45) is 1.64. The van der Waals surface area contributed by atoms with Gasteiger partial charge in [0.25, 0.3) is 0 Å². The van der Waals surface area contributed by atoms with Gasteiger partial charge in [0.2, 0.25) is 0 Å². The summed E-state index contributed by atoms with van der Waals surface area (Å²) in [7, 11) is -1.52. The fourth-order valence-electron chi connectivity index (χ4n) is 1.90. The number of nitriles is 1. The zero-order valence-corrected chi connectivity index (χ0v) is 11.3. The van der Waals surface area contributed by atoms with E-state index in [1.165, 1.54) is 12.5 Å². The Labute approximate surface area is 112 Å². The van der Waals surface area contributed by atoms with Crippen LogP contribution in [-0.4, -0.2) is 27.3 Å². The SMILES string of the molecule is COc1ccc(CNC2C=CS(=O)(=O)C2)cc1C#N. The average Bonchev–Trinajstić information content (AvgIpc) is 2.75. The molecule has 1 unspecified atom stereocenters. The van der Waals surface area contributed by atoms with Gasteiger partial charge >= 0.3 is 0 Å². The smallest absolute Gasteiger partial charge is 0.173 e. The van der Waals surface area contributed by atoms with E-state index in [2.05, 4.69) is 11.4 Å². The quantitative estimate of drug-likeness (QED) is 0.887. The van der Waals surface area contributed by atoms with Crippen molar-refractivity contribution in [3.63, 3.8) is 0 Å². The summed E-state index contributed by atoms with van der Waals surface area (Å²) < 4.78 is 27.6. The highest BCUT2D eigenvalue weighted by Crippen LogP contribution is 2.19. The van der Waals surface area contributed by atoms with Gasteiger partial charge in [-0.05, 0) is 17.7 Å². The highest BCUT2D eigenvalue weighted by Gasteiger charge is 2.20. The number of nitrogens with zero attached hydrogens (tertiary/aromatic N) is 1. The third kappa shape index (κ3) is 3.34. The number of hydrogen-bond acceptors (Lipinski definition) is 5. The molecule has 0 aliphatic carbocycles. The normalized spacial score (nSPS) is 20.1. The van der Waals surface area contributed by atoms with E-state index >= 15 is 0 Å². The minimum Gasteiger partial charge on any atom is -0.495 e. The minimum absolute atomic E-state index is 0.0915. The Kier molecular flexibility index (Phi) is 3.88. The highest BCUT2D eigenvalue weighted by atomic mass is 32.2. The Morgan fingerprint density at radius 3 is 2.89 bits per heavy atom. The van der Waals surface area contributed by atoms with Crippen LogP contribution in [0.2, 0.25) is 0 Å². The predicted octanol–water partition coefficient (Wildman–Crippen LogP) is 0.967. The van der Waals surface area contributed by atoms with Gasteiger partial charge in [-0.25, -0.2) is 8.42 Å². The summed E-state index contributed by atoms with van der Waals surface area (Å²) in [5.74, 6) is 0.628. The molecule has 6 heteroatoms. The van der Waals surface area contributed by atoms with Gasteiger partial charge in [0.05, 0.1) is 18.4 Å². The van der Waals surface area contributed by atoms with Crippen LogP contribution in [0.1, 0.15) is 11.1 Å². The Bertz CT molecular complexity index is 644. The lowest BCUT2D eigenvalue weighted by Crippen LogP contribution is -2.29. The Morgan fingerprint density at radius 2 is 2.32 bits per heavy atom. The predicted molar refractivity (Wildman–Crippen MR) is 71.3 cm³/mol. The fourth-order valence-corrected chi connectivity index (χ4v) is 3.17. The molecular weight excluding hydrogens is 264 g/mol. The summed E-state index contributed by atoms with van der Waals surface area (Å²) in [4.78, 5) is 0. The van der Waals surface area contributed by atoms with E-state index < -0.39 is 9.84 Å². The Hall–Kier alpha value is -1.84. The fraction of sp³-hybridized carbons (Fsp3) is 0.308. The van der Waals surface area contributed by atoms with Crippen LogP contribution in [0.15, 0.2) is 29.7 Å². The van der Waals surface area contributed by atoms with Crippen molar-refractivity contribution in [3.8, 4) is 11.8 Å². The molecule has 0 saturated carbocycles. The zero-order chi connectivity index (χ0) is 13.9. The second-order valence-corrected chi connectivity index (χ2v) is 6.22. The first-order chi connectivity index (χ1) is 9.04. The molecule has 5 nitrogen and oxygen atoms in total. The van der Waals surface area contributed by atoms with Crippen LogP contribution in [0, 0.1) is 11.3 Å². The maximum atomic E-state index is 11.2. The average molecular weight is 278 g/mol. The molecule has 100 valence electrons. The van der Waals surface area contributed by atoms with Crippen LogP contribution < -0.4 is 10.1 Å². The number of sulfone groups is 1. The van der Waals surface area contributed by atoms with E-state index in [0.29, 0.717) is 17.9 Å². The summed E-state index contributed by atoms with van der Waals surface area (Å²) in [6, 6.07) is 7.21. The van der Waals surface area contributed by atoms with Crippen LogP contribution in [0.5, 0.6) is 5.75 Å². The summed E-state index contributed by atoms with van der Waals surface area (Å²) in [5.41, 5.74) is 1.38. The van der Waals surface area contributed by atoms with Crippen molar-refractivity contribution in [2.45, 2.75) is 12.6 Å². The Balaban J connectivity index is 2.01. The maximum absolute atomic E-state index is 11.2. The van der Waals surface area contributed by atoms with E-state index in [9.17, 15) is 8.42 Å². The van der Waals surface area contributed by atoms with Crippen LogP contribution in [0.3, 0.4) is 0 Å². The van der Waals surface area contributed by atoms with Gasteiger partial charge in [-0.15, -0.1) is 0 Å². The maximum Gasteiger partial charge on any atom is 0.173 e. The molecule has 1 heterocycles. The van der Waals surface area contributed by atoms with Gasteiger partial charge in [0, 0.05) is 18.0 Å². The number of hydrogen-bond donors (Lipinski definition) is 1. The van der Waals surface area contributed by atoms with Gasteiger partial charge in [-0.2, -0.15) is 5.26 Å². The molecule has 1 aliphatic heterocycles. The molecule has 0 radical (unpaired) electrons. The molecule has 1 atom stereocenters. The molecule has 0 aromatic heterocycles. The summed E-state index contributed by atoms with van der Waals surface area (Å²) in [6.45, 7) is 0.503. The molecule has 19 heavy (non-hydrogen) atoms. The summed E-state index contributed by atoms with van der Waals surface area (Å²) in [5, 5.41) is 13.3. The zero-order valence-electron chi connectivity index (χ0n) is 10.5. The molecule has 0 fully saturated rings. The Morgan fingerprint density at radius 1 is 1.53 bits per heavy atom. The summed E-state index contributed by atoms with van der Waals surface area (Å²) >= 11 is 0. The van der Waals surface area contributed by atoms with E-state index in [4.69, 9.17) is 10.00 Å². The molecule has 1 aliphatic rings. The van der Waals surface area contributed by atoms with Crippen molar-refractivity contribution in [2.24, 2.45) is 0 Å². The van der Waals surface area contributed by atoms with E-state index in [-0.39, 0.29) is 11.8 Å². The first-order valence-corrected chi connectivity index (χ1v) is 7.47. The van der Waals surface area contributed by atoms with E-state index in [0.717, 1.165) is 5.56 Å². The number of benzene rings is 1. The standard InChI is InChI=1S/C13H14N2O3S/c1-18-13-3-2-10(6-11(13)7-14)8-15-12-4-5-19(16,17)9-12/h2-6,12,15H,8-9H2,1H3. The molecule has 0 spiro atoms. The first kappa shape index (κ1) is 13.6. The van der Waals surface area contributed by atoms with Gasteiger partial charge in [-0.3, -0.25) is 0 Å². The lowest BCUT2D eigenvalue weighted by atomic mass is 10.1. The number of ether oxygens (including phenoxy) is 1. The van der Waals surface area contributed by atoms with Crippen LogP contribution in [0.4, 0.5) is 0 Å². The number of methoxy groups -OCH3 is 1. The second-order valence-electron chi connectivity index (χ2n) is 4.29. The van der Waals surface area contributed by atoms with Gasteiger partial charge in [0.1, 0.15) is 11.8 Å².